The molecule has 2 aromatic heterocycles. The minimum atomic E-state index is -3.58. The van der Waals surface area contributed by atoms with Crippen molar-refractivity contribution < 1.29 is 13.2 Å². The molecule has 1 aliphatic rings. The molecule has 0 unspecified atom stereocenters. The Morgan fingerprint density at radius 1 is 1.03 bits per heavy atom. The van der Waals surface area contributed by atoms with Crippen LogP contribution in [0.2, 0.25) is 0 Å². The van der Waals surface area contributed by atoms with Crippen LogP contribution in [0.1, 0.15) is 20.1 Å². The van der Waals surface area contributed by atoms with Crippen molar-refractivity contribution in [2.24, 2.45) is 7.05 Å². The molecule has 3 aromatic rings. The first-order valence-corrected chi connectivity index (χ1v) is 11.9. The van der Waals surface area contributed by atoms with Gasteiger partial charge < -0.3 is 9.47 Å². The number of para-hydroxylation sites is 1. The number of fused-ring (bicyclic) bond motifs is 1. The van der Waals surface area contributed by atoms with Gasteiger partial charge in [0.15, 0.2) is 0 Å². The highest BCUT2D eigenvalue weighted by Gasteiger charge is 2.32. The summed E-state index contributed by atoms with van der Waals surface area (Å²) in [5.41, 5.74) is 0.800. The molecule has 0 saturated carbocycles. The summed E-state index contributed by atoms with van der Waals surface area (Å²) >= 11 is 1.46. The number of thiophene rings is 1. The Morgan fingerprint density at radius 3 is 2.33 bits per heavy atom. The number of piperazine rings is 1. The molecular formula is C21H23N3O4S2. The number of sulfonamides is 1. The smallest absolute Gasteiger partial charge is 0.254 e. The highest BCUT2D eigenvalue weighted by Crippen LogP contribution is 2.28. The van der Waals surface area contributed by atoms with Gasteiger partial charge in [0.25, 0.3) is 11.5 Å². The highest BCUT2D eigenvalue weighted by atomic mass is 32.2. The van der Waals surface area contributed by atoms with E-state index in [-0.39, 0.29) is 37.6 Å². The van der Waals surface area contributed by atoms with Crippen molar-refractivity contribution in [3.8, 4) is 0 Å². The number of aryl methyl sites for hydroxylation is 3. The lowest BCUT2D eigenvalue weighted by Gasteiger charge is -2.34. The number of carbonyl (C=O) groups excluding carboxylic acids is 1. The normalized spacial score (nSPS) is 15.6. The maximum Gasteiger partial charge on any atom is 0.254 e. The van der Waals surface area contributed by atoms with E-state index in [2.05, 4.69) is 0 Å². The van der Waals surface area contributed by atoms with Gasteiger partial charge in [0.1, 0.15) is 0 Å². The first-order valence-electron chi connectivity index (χ1n) is 9.65. The summed E-state index contributed by atoms with van der Waals surface area (Å²) in [4.78, 5) is 29.2. The molecule has 3 heterocycles. The van der Waals surface area contributed by atoms with Crippen molar-refractivity contribution in [3.63, 3.8) is 0 Å². The topological polar surface area (TPSA) is 79.7 Å². The molecular weight excluding hydrogens is 422 g/mol. The van der Waals surface area contributed by atoms with Gasteiger partial charge in [0.05, 0.1) is 16.0 Å². The number of nitrogens with zero attached hydrogens (tertiary/aromatic N) is 3. The van der Waals surface area contributed by atoms with E-state index in [1.807, 2.05) is 38.1 Å². The average Bonchev–Trinajstić information content (AvgIpc) is 3.09. The summed E-state index contributed by atoms with van der Waals surface area (Å²) in [5, 5.41) is 0.712. The lowest BCUT2D eigenvalue weighted by atomic mass is 10.1. The lowest BCUT2D eigenvalue weighted by Crippen LogP contribution is -2.50. The van der Waals surface area contributed by atoms with Crippen LogP contribution in [-0.2, 0) is 17.1 Å². The third-order valence-corrected chi connectivity index (χ3v) is 8.64. The zero-order valence-electron chi connectivity index (χ0n) is 17.1. The molecule has 7 nitrogen and oxygen atoms in total. The third-order valence-electron chi connectivity index (χ3n) is 5.52. The SMILES string of the molecule is Cc1cc(S(=O)(=O)N2CCN(C(=O)c3cc(=O)n(C)c4ccccc34)CC2)c(C)s1. The summed E-state index contributed by atoms with van der Waals surface area (Å²) in [5.74, 6) is -0.247. The van der Waals surface area contributed by atoms with Gasteiger partial charge in [0.2, 0.25) is 10.0 Å². The summed E-state index contributed by atoms with van der Waals surface area (Å²) in [6, 6.07) is 10.4. The van der Waals surface area contributed by atoms with Crippen molar-refractivity contribution >= 4 is 38.2 Å². The number of hydrogen-bond donors (Lipinski definition) is 0. The molecule has 1 amide bonds. The molecule has 4 rings (SSSR count). The molecule has 1 aromatic carbocycles. The molecule has 9 heteroatoms. The molecule has 158 valence electrons. The highest BCUT2D eigenvalue weighted by molar-refractivity contribution is 7.89. The van der Waals surface area contributed by atoms with E-state index in [0.717, 1.165) is 9.75 Å². The van der Waals surface area contributed by atoms with Crippen molar-refractivity contribution in [1.29, 1.82) is 0 Å². The standard InChI is InChI=1S/C21H23N3O4S2/c1-14-12-19(15(2)29-14)30(27,28)24-10-8-23(9-11-24)21(26)17-13-20(25)22(3)18-7-5-4-6-16(17)18/h4-7,12-13H,8-11H2,1-3H3. The van der Waals surface area contributed by atoms with Crippen molar-refractivity contribution in [2.45, 2.75) is 18.7 Å². The number of amides is 1. The molecule has 0 N–H and O–H groups in total. The number of hydrogen-bond acceptors (Lipinski definition) is 5. The van der Waals surface area contributed by atoms with Crippen LogP contribution in [-0.4, -0.2) is 54.3 Å². The van der Waals surface area contributed by atoms with E-state index in [0.29, 0.717) is 21.4 Å². The summed E-state index contributed by atoms with van der Waals surface area (Å²) in [6.45, 7) is 4.72. The number of benzene rings is 1. The van der Waals surface area contributed by atoms with Gasteiger partial charge in [-0.25, -0.2) is 8.42 Å². The molecule has 1 aliphatic heterocycles. The quantitative estimate of drug-likeness (QED) is 0.620. The Morgan fingerprint density at radius 2 is 1.70 bits per heavy atom. The van der Waals surface area contributed by atoms with Gasteiger partial charge >= 0.3 is 0 Å². The van der Waals surface area contributed by atoms with Crippen LogP contribution < -0.4 is 5.56 Å². The van der Waals surface area contributed by atoms with E-state index in [4.69, 9.17) is 0 Å². The monoisotopic (exact) mass is 445 g/mol. The first kappa shape index (κ1) is 20.8. The van der Waals surface area contributed by atoms with Gasteiger partial charge in [-0.2, -0.15) is 4.31 Å². The maximum absolute atomic E-state index is 13.2. The number of carbonyl (C=O) groups is 1. The lowest BCUT2D eigenvalue weighted by molar-refractivity contribution is 0.0699. The summed E-state index contributed by atoms with van der Waals surface area (Å²) in [7, 11) is -1.90. The maximum atomic E-state index is 13.2. The molecule has 0 radical (unpaired) electrons. The van der Waals surface area contributed by atoms with Crippen LogP contribution >= 0.6 is 11.3 Å². The Balaban J connectivity index is 1.57. The molecule has 0 aliphatic carbocycles. The summed E-state index contributed by atoms with van der Waals surface area (Å²) in [6.07, 6.45) is 0. The van der Waals surface area contributed by atoms with Crippen LogP contribution in [0.5, 0.6) is 0 Å². The van der Waals surface area contributed by atoms with E-state index in [1.165, 1.54) is 26.3 Å². The molecule has 0 atom stereocenters. The summed E-state index contributed by atoms with van der Waals surface area (Å²) < 4.78 is 29.0. The molecule has 30 heavy (non-hydrogen) atoms. The number of aromatic nitrogens is 1. The number of pyridine rings is 1. The van der Waals surface area contributed by atoms with E-state index < -0.39 is 10.0 Å². The molecule has 1 saturated heterocycles. The fraction of sp³-hybridized carbons (Fsp3) is 0.333. The largest absolute Gasteiger partial charge is 0.336 e. The third kappa shape index (κ3) is 3.46. The Bertz CT molecular complexity index is 1300. The fourth-order valence-electron chi connectivity index (χ4n) is 3.89. The van der Waals surface area contributed by atoms with Crippen LogP contribution in [0.3, 0.4) is 0 Å². The minimum Gasteiger partial charge on any atom is -0.336 e. The van der Waals surface area contributed by atoms with E-state index in [9.17, 15) is 18.0 Å². The van der Waals surface area contributed by atoms with Crippen LogP contribution in [0.15, 0.2) is 46.1 Å². The second-order valence-corrected chi connectivity index (χ2v) is 10.8. The van der Waals surface area contributed by atoms with Gasteiger partial charge in [-0.15, -0.1) is 11.3 Å². The Hall–Kier alpha value is -2.49. The predicted molar refractivity (Wildman–Crippen MR) is 118 cm³/mol. The minimum absolute atomic E-state index is 0.227. The van der Waals surface area contributed by atoms with Gasteiger partial charge in [0, 0.05) is 54.4 Å². The zero-order chi connectivity index (χ0) is 21.6. The van der Waals surface area contributed by atoms with Crippen LogP contribution in [0.4, 0.5) is 0 Å². The van der Waals surface area contributed by atoms with Gasteiger partial charge in [-0.3, -0.25) is 9.59 Å². The Kier molecular flexibility index (Phi) is 5.29. The first-order chi connectivity index (χ1) is 14.2. The van der Waals surface area contributed by atoms with Crippen LogP contribution in [0, 0.1) is 13.8 Å². The molecule has 1 fully saturated rings. The second kappa shape index (κ2) is 7.64. The second-order valence-electron chi connectivity index (χ2n) is 7.45. The molecule has 0 bridgehead atoms. The van der Waals surface area contributed by atoms with Gasteiger partial charge in [-0.05, 0) is 26.0 Å². The average molecular weight is 446 g/mol. The fourth-order valence-corrected chi connectivity index (χ4v) is 6.84. The van der Waals surface area contributed by atoms with Gasteiger partial charge in [-0.1, -0.05) is 18.2 Å². The van der Waals surface area contributed by atoms with Crippen LogP contribution in [0.25, 0.3) is 10.9 Å². The molecule has 0 spiro atoms. The van der Waals surface area contributed by atoms with E-state index in [1.54, 1.807) is 18.0 Å². The van der Waals surface area contributed by atoms with Crippen molar-refractivity contribution in [1.82, 2.24) is 13.8 Å². The Labute approximate surface area is 179 Å². The number of rotatable bonds is 3. The zero-order valence-corrected chi connectivity index (χ0v) is 18.7. The predicted octanol–water partition coefficient (Wildman–Crippen LogP) is 2.36. The van der Waals surface area contributed by atoms with Crippen molar-refractivity contribution in [2.75, 3.05) is 26.2 Å². The van der Waals surface area contributed by atoms with E-state index >= 15 is 0 Å². The van der Waals surface area contributed by atoms with Crippen molar-refractivity contribution in [3.05, 3.63) is 62.1 Å².